The molecule has 1 amide bonds. The van der Waals surface area contributed by atoms with Crippen LogP contribution in [0.15, 0.2) is 45.7 Å². The van der Waals surface area contributed by atoms with Gasteiger partial charge >= 0.3 is 5.69 Å². The number of rotatable bonds is 7. The van der Waals surface area contributed by atoms with Gasteiger partial charge in [0.15, 0.2) is 5.16 Å². The zero-order valence-corrected chi connectivity index (χ0v) is 17.8. The number of carbonyl (C=O) groups is 1. The molecule has 154 valence electrons. The molecule has 8 nitrogen and oxygen atoms in total. The number of thiophene rings is 1. The molecule has 0 spiro atoms. The molecule has 30 heavy (non-hydrogen) atoms. The summed E-state index contributed by atoms with van der Waals surface area (Å²) in [5.74, 6) is 0.833. The highest BCUT2D eigenvalue weighted by Crippen LogP contribution is 2.40. The van der Waals surface area contributed by atoms with E-state index in [1.54, 1.807) is 29.5 Å². The van der Waals surface area contributed by atoms with Gasteiger partial charge < -0.3 is 19.9 Å². The van der Waals surface area contributed by atoms with Crippen LogP contribution in [-0.4, -0.2) is 35.9 Å². The summed E-state index contributed by atoms with van der Waals surface area (Å²) in [7, 11) is 0. The van der Waals surface area contributed by atoms with E-state index in [0.29, 0.717) is 22.8 Å². The Morgan fingerprint density at radius 3 is 2.90 bits per heavy atom. The van der Waals surface area contributed by atoms with Crippen LogP contribution in [0.5, 0.6) is 0 Å². The van der Waals surface area contributed by atoms with Crippen molar-refractivity contribution in [1.82, 2.24) is 24.7 Å². The van der Waals surface area contributed by atoms with Gasteiger partial charge in [0.05, 0.1) is 16.3 Å². The monoisotopic (exact) mass is 440 g/mol. The van der Waals surface area contributed by atoms with E-state index >= 15 is 0 Å². The van der Waals surface area contributed by atoms with Crippen molar-refractivity contribution in [1.29, 1.82) is 0 Å². The third-order valence-electron chi connectivity index (χ3n) is 4.99. The van der Waals surface area contributed by atoms with E-state index in [0.717, 1.165) is 30.2 Å². The van der Waals surface area contributed by atoms with Gasteiger partial charge in [-0.3, -0.25) is 4.79 Å². The minimum atomic E-state index is -0.345. The smallest absolute Gasteiger partial charge is 0.323 e. The van der Waals surface area contributed by atoms with Crippen molar-refractivity contribution >= 4 is 45.7 Å². The first-order valence-corrected chi connectivity index (χ1v) is 11.5. The number of aromatic amines is 2. The molecule has 10 heteroatoms. The van der Waals surface area contributed by atoms with Gasteiger partial charge in [0, 0.05) is 23.0 Å². The standard InChI is InChI=1S/C20H20N6O2S2/c1-11(18(27)21-12-4-7-15-16(9-12)23-19(28)22-15)30-20-25-24-17(26(20)13-5-6-13)10-14-3-2-8-29-14/h2-4,7-9,11,13H,5-6,10H2,1H3,(H,21,27)(H2,22,23,28)/t11-/m1/s1. The topological polar surface area (TPSA) is 108 Å². The number of nitrogens with one attached hydrogen (secondary N) is 3. The fourth-order valence-corrected chi connectivity index (χ4v) is 4.98. The quantitative estimate of drug-likeness (QED) is 0.381. The molecule has 1 fully saturated rings. The van der Waals surface area contributed by atoms with Crippen LogP contribution in [0.25, 0.3) is 11.0 Å². The van der Waals surface area contributed by atoms with Crippen molar-refractivity contribution in [3.8, 4) is 0 Å². The van der Waals surface area contributed by atoms with E-state index in [9.17, 15) is 9.59 Å². The Morgan fingerprint density at radius 1 is 1.30 bits per heavy atom. The van der Waals surface area contributed by atoms with Crippen LogP contribution < -0.4 is 11.0 Å². The second kappa shape index (κ2) is 7.77. The lowest BCUT2D eigenvalue weighted by Crippen LogP contribution is -2.23. The fraction of sp³-hybridized carbons (Fsp3) is 0.300. The van der Waals surface area contributed by atoms with Gasteiger partial charge in [0.1, 0.15) is 5.82 Å². The summed E-state index contributed by atoms with van der Waals surface area (Å²) in [6.07, 6.45) is 3.01. The average molecular weight is 441 g/mol. The van der Waals surface area contributed by atoms with Gasteiger partial charge in [-0.05, 0) is 49.4 Å². The van der Waals surface area contributed by atoms with E-state index in [4.69, 9.17) is 0 Å². The van der Waals surface area contributed by atoms with Gasteiger partial charge in [-0.15, -0.1) is 21.5 Å². The molecule has 3 heterocycles. The first kappa shape index (κ1) is 19.1. The number of benzene rings is 1. The summed E-state index contributed by atoms with van der Waals surface area (Å²) in [6.45, 7) is 1.86. The van der Waals surface area contributed by atoms with Crippen molar-refractivity contribution < 1.29 is 4.79 Å². The number of H-pyrrole nitrogens is 2. The van der Waals surface area contributed by atoms with Gasteiger partial charge in [0.25, 0.3) is 0 Å². The molecule has 0 saturated heterocycles. The Balaban J connectivity index is 1.30. The molecular formula is C20H20N6O2S2. The summed E-state index contributed by atoms with van der Waals surface area (Å²) < 4.78 is 2.20. The number of hydrogen-bond acceptors (Lipinski definition) is 6. The molecule has 5 rings (SSSR count). The molecule has 1 aliphatic rings. The van der Waals surface area contributed by atoms with Gasteiger partial charge in [-0.25, -0.2) is 4.79 Å². The van der Waals surface area contributed by atoms with Crippen molar-refractivity contribution in [2.45, 2.75) is 42.6 Å². The molecule has 0 aliphatic heterocycles. The first-order valence-electron chi connectivity index (χ1n) is 9.72. The van der Waals surface area contributed by atoms with Crippen LogP contribution in [0.1, 0.15) is 36.5 Å². The Labute approximate surface area is 180 Å². The van der Waals surface area contributed by atoms with E-state index in [2.05, 4.69) is 41.5 Å². The number of aromatic nitrogens is 5. The van der Waals surface area contributed by atoms with Crippen LogP contribution in [0.3, 0.4) is 0 Å². The average Bonchev–Trinajstić information content (AvgIpc) is 3.10. The Hall–Kier alpha value is -2.85. The fourth-order valence-electron chi connectivity index (χ4n) is 3.34. The number of carbonyl (C=O) groups excluding carboxylic acids is 1. The maximum atomic E-state index is 12.8. The van der Waals surface area contributed by atoms with E-state index in [1.807, 2.05) is 13.0 Å². The first-order chi connectivity index (χ1) is 14.6. The van der Waals surface area contributed by atoms with Crippen molar-refractivity contribution in [3.63, 3.8) is 0 Å². The summed E-state index contributed by atoms with van der Waals surface area (Å²) in [6, 6.07) is 9.86. The SMILES string of the molecule is C[C@@H](Sc1nnc(Cc2cccs2)n1C1CC1)C(=O)Nc1ccc2[nH]c(=O)[nH]c2c1. The lowest BCUT2D eigenvalue weighted by Gasteiger charge is -2.13. The Bertz CT molecular complexity index is 1250. The molecule has 1 aliphatic carbocycles. The largest absolute Gasteiger partial charge is 0.325 e. The van der Waals surface area contributed by atoms with Crippen LogP contribution in [0.4, 0.5) is 5.69 Å². The Kier molecular flexibility index (Phi) is 4.95. The predicted molar refractivity (Wildman–Crippen MR) is 118 cm³/mol. The summed E-state index contributed by atoms with van der Waals surface area (Å²) in [4.78, 5) is 30.8. The third kappa shape index (κ3) is 3.92. The molecule has 0 bridgehead atoms. The predicted octanol–water partition coefficient (Wildman–Crippen LogP) is 3.55. The summed E-state index contributed by atoms with van der Waals surface area (Å²) in [5.41, 5.74) is 1.73. The number of fused-ring (bicyclic) bond motifs is 1. The summed E-state index contributed by atoms with van der Waals surface area (Å²) >= 11 is 3.14. The maximum absolute atomic E-state index is 12.8. The highest BCUT2D eigenvalue weighted by molar-refractivity contribution is 8.00. The number of hydrogen-bond donors (Lipinski definition) is 3. The number of thioether (sulfide) groups is 1. The second-order valence-electron chi connectivity index (χ2n) is 7.34. The minimum absolute atomic E-state index is 0.123. The molecular weight excluding hydrogens is 420 g/mol. The molecule has 1 atom stereocenters. The lowest BCUT2D eigenvalue weighted by atomic mass is 10.2. The highest BCUT2D eigenvalue weighted by Gasteiger charge is 2.31. The number of amides is 1. The number of nitrogens with zero attached hydrogens (tertiary/aromatic N) is 3. The third-order valence-corrected chi connectivity index (χ3v) is 6.93. The van der Waals surface area contributed by atoms with Gasteiger partial charge in [-0.2, -0.15) is 0 Å². The van der Waals surface area contributed by atoms with Crippen molar-refractivity contribution in [3.05, 3.63) is 56.9 Å². The lowest BCUT2D eigenvalue weighted by molar-refractivity contribution is -0.115. The molecule has 4 aromatic rings. The normalized spacial score (nSPS) is 14.8. The molecule has 3 aromatic heterocycles. The van der Waals surface area contributed by atoms with Crippen molar-refractivity contribution in [2.75, 3.05) is 5.32 Å². The van der Waals surface area contributed by atoms with Crippen LogP contribution in [-0.2, 0) is 11.2 Å². The molecule has 3 N–H and O–H groups in total. The second-order valence-corrected chi connectivity index (χ2v) is 9.69. The van der Waals surface area contributed by atoms with Crippen molar-refractivity contribution in [2.24, 2.45) is 0 Å². The van der Waals surface area contributed by atoms with E-state index in [-0.39, 0.29) is 16.8 Å². The zero-order valence-electron chi connectivity index (χ0n) is 16.2. The van der Waals surface area contributed by atoms with Gasteiger partial charge in [-0.1, -0.05) is 17.8 Å². The van der Waals surface area contributed by atoms with Crippen LogP contribution >= 0.6 is 23.1 Å². The van der Waals surface area contributed by atoms with E-state index in [1.165, 1.54) is 16.6 Å². The zero-order chi connectivity index (χ0) is 20.7. The number of anilines is 1. The summed E-state index contributed by atoms with van der Waals surface area (Å²) in [5, 5.41) is 14.2. The highest BCUT2D eigenvalue weighted by atomic mass is 32.2. The molecule has 1 aromatic carbocycles. The molecule has 0 unspecified atom stereocenters. The maximum Gasteiger partial charge on any atom is 0.323 e. The Morgan fingerprint density at radius 2 is 2.13 bits per heavy atom. The number of imidazole rings is 1. The molecule has 0 radical (unpaired) electrons. The molecule has 1 saturated carbocycles. The van der Waals surface area contributed by atoms with Gasteiger partial charge in [0.2, 0.25) is 5.91 Å². The van der Waals surface area contributed by atoms with E-state index < -0.39 is 0 Å². The minimum Gasteiger partial charge on any atom is -0.325 e. The van der Waals surface area contributed by atoms with Crippen LogP contribution in [0.2, 0.25) is 0 Å². The van der Waals surface area contributed by atoms with Crippen LogP contribution in [0, 0.1) is 0 Å².